The van der Waals surface area contributed by atoms with Crippen molar-refractivity contribution in [3.8, 4) is 0 Å². The first-order valence-corrected chi connectivity index (χ1v) is 6.51. The van der Waals surface area contributed by atoms with Crippen molar-refractivity contribution in [2.45, 2.75) is 12.5 Å². The van der Waals surface area contributed by atoms with Gasteiger partial charge in [0, 0.05) is 12.2 Å². The topological polar surface area (TPSA) is 63.4 Å². The van der Waals surface area contributed by atoms with E-state index in [0.29, 0.717) is 13.0 Å². The van der Waals surface area contributed by atoms with Gasteiger partial charge in [-0.1, -0.05) is 12.2 Å². The van der Waals surface area contributed by atoms with E-state index in [-0.39, 0.29) is 6.04 Å². The molecule has 0 aromatic rings. The molecule has 1 heterocycles. The molecule has 0 saturated carbocycles. The lowest BCUT2D eigenvalue weighted by molar-refractivity contribution is 0.524. The van der Waals surface area contributed by atoms with Crippen molar-refractivity contribution in [1.29, 1.82) is 0 Å². The van der Waals surface area contributed by atoms with E-state index in [1.807, 2.05) is 6.08 Å². The summed E-state index contributed by atoms with van der Waals surface area (Å²) in [6.45, 7) is 3.97. The average molecular weight is 228 g/mol. The summed E-state index contributed by atoms with van der Waals surface area (Å²) in [4.78, 5) is 0. The summed E-state index contributed by atoms with van der Waals surface area (Å²) < 4.78 is 23.6. The van der Waals surface area contributed by atoms with Gasteiger partial charge in [0.25, 0.3) is 0 Å². The number of nitrogens with zero attached hydrogens (tertiary/aromatic N) is 1. The number of rotatable bonds is 4. The molecule has 1 atom stereocenters. The molecule has 0 radical (unpaired) electrons. The van der Waals surface area contributed by atoms with Crippen molar-refractivity contribution in [2.75, 3.05) is 12.8 Å². The van der Waals surface area contributed by atoms with Crippen LogP contribution in [0.1, 0.15) is 6.42 Å². The van der Waals surface area contributed by atoms with E-state index >= 15 is 0 Å². The van der Waals surface area contributed by atoms with Crippen LogP contribution < -0.4 is 5.73 Å². The maximum atomic E-state index is 11.2. The average Bonchev–Trinajstić information content (AvgIpc) is 2.17. The van der Waals surface area contributed by atoms with Gasteiger partial charge < -0.3 is 5.73 Å². The van der Waals surface area contributed by atoms with Gasteiger partial charge in [0.15, 0.2) is 0 Å². The SMILES string of the molecule is C=CC[C@@H](N)C1=CCN(S(C)(=O)=O)C=C1. The molecule has 15 heavy (non-hydrogen) atoms. The molecule has 0 unspecified atom stereocenters. The predicted octanol–water partition coefficient (Wildman–Crippen LogP) is 0.605. The monoisotopic (exact) mass is 228 g/mol. The smallest absolute Gasteiger partial charge is 0.232 e. The second-order valence-corrected chi connectivity index (χ2v) is 5.42. The Balaban J connectivity index is 2.69. The van der Waals surface area contributed by atoms with Crippen molar-refractivity contribution in [3.05, 3.63) is 36.6 Å². The Hall–Kier alpha value is -1.07. The molecule has 0 saturated heterocycles. The zero-order chi connectivity index (χ0) is 11.5. The number of sulfonamides is 1. The molecule has 4 nitrogen and oxygen atoms in total. The highest BCUT2D eigenvalue weighted by atomic mass is 32.2. The van der Waals surface area contributed by atoms with Crippen LogP contribution in [0.15, 0.2) is 36.6 Å². The number of hydrogen-bond acceptors (Lipinski definition) is 3. The highest BCUT2D eigenvalue weighted by Gasteiger charge is 2.15. The predicted molar refractivity (Wildman–Crippen MR) is 61.6 cm³/mol. The molecular formula is C10H16N2O2S. The van der Waals surface area contributed by atoms with Crippen LogP contribution in [0.2, 0.25) is 0 Å². The minimum absolute atomic E-state index is 0.0968. The van der Waals surface area contributed by atoms with Crippen LogP contribution in [0.25, 0.3) is 0 Å². The van der Waals surface area contributed by atoms with Crippen LogP contribution in [-0.2, 0) is 10.0 Å². The van der Waals surface area contributed by atoms with Gasteiger partial charge in [0.05, 0.1) is 12.8 Å². The molecule has 1 rings (SSSR count). The van der Waals surface area contributed by atoms with Crippen molar-refractivity contribution in [2.24, 2.45) is 5.73 Å². The van der Waals surface area contributed by atoms with Gasteiger partial charge in [-0.25, -0.2) is 8.42 Å². The first-order chi connectivity index (χ1) is 6.95. The van der Waals surface area contributed by atoms with E-state index in [9.17, 15) is 8.42 Å². The van der Waals surface area contributed by atoms with Gasteiger partial charge in [0.1, 0.15) is 0 Å². The van der Waals surface area contributed by atoms with Crippen LogP contribution in [-0.4, -0.2) is 31.6 Å². The zero-order valence-corrected chi connectivity index (χ0v) is 9.57. The third-order valence-electron chi connectivity index (χ3n) is 2.21. The second-order valence-electron chi connectivity index (χ2n) is 3.48. The van der Waals surface area contributed by atoms with Gasteiger partial charge in [-0.3, -0.25) is 4.31 Å². The summed E-state index contributed by atoms with van der Waals surface area (Å²) in [5, 5.41) is 0. The third kappa shape index (κ3) is 3.21. The van der Waals surface area contributed by atoms with Crippen molar-refractivity contribution >= 4 is 10.0 Å². The standard InChI is InChI=1S/C10H16N2O2S/c1-3-4-10(11)9-5-7-12(8-6-9)15(2,13)14/h3,5-7,10H,1,4,8,11H2,2H3/t10-/m1/s1. The molecule has 0 spiro atoms. The quantitative estimate of drug-likeness (QED) is 0.717. The van der Waals surface area contributed by atoms with Crippen molar-refractivity contribution in [1.82, 2.24) is 4.31 Å². The molecule has 0 bridgehead atoms. The maximum absolute atomic E-state index is 11.2. The van der Waals surface area contributed by atoms with E-state index in [1.165, 1.54) is 10.6 Å². The molecule has 0 fully saturated rings. The first-order valence-electron chi connectivity index (χ1n) is 4.66. The second kappa shape index (κ2) is 4.63. The van der Waals surface area contributed by atoms with Crippen LogP contribution in [0.4, 0.5) is 0 Å². The summed E-state index contributed by atoms with van der Waals surface area (Å²) in [7, 11) is -3.15. The summed E-state index contributed by atoms with van der Waals surface area (Å²) in [6.07, 6.45) is 8.73. The molecule has 84 valence electrons. The lowest BCUT2D eigenvalue weighted by Crippen LogP contribution is -2.30. The van der Waals surface area contributed by atoms with Crippen LogP contribution >= 0.6 is 0 Å². The summed E-state index contributed by atoms with van der Waals surface area (Å²) >= 11 is 0. The molecule has 0 amide bonds. The Morgan fingerprint density at radius 3 is 2.80 bits per heavy atom. The van der Waals surface area contributed by atoms with E-state index in [4.69, 9.17) is 5.73 Å². The fourth-order valence-corrected chi connectivity index (χ4v) is 1.96. The van der Waals surface area contributed by atoms with E-state index in [1.54, 1.807) is 18.4 Å². The highest BCUT2D eigenvalue weighted by Crippen LogP contribution is 2.14. The lowest BCUT2D eigenvalue weighted by Gasteiger charge is -2.22. The summed E-state index contributed by atoms with van der Waals surface area (Å²) in [6, 6.07) is -0.0968. The number of hydrogen-bond donors (Lipinski definition) is 1. The maximum Gasteiger partial charge on any atom is 0.232 e. The zero-order valence-electron chi connectivity index (χ0n) is 8.76. The van der Waals surface area contributed by atoms with Gasteiger partial charge in [-0.2, -0.15) is 0 Å². The first kappa shape index (κ1) is 12.0. The van der Waals surface area contributed by atoms with Gasteiger partial charge in [-0.05, 0) is 18.1 Å². The Morgan fingerprint density at radius 2 is 2.40 bits per heavy atom. The fourth-order valence-electron chi connectivity index (χ4n) is 1.33. The van der Waals surface area contributed by atoms with Crippen molar-refractivity contribution in [3.63, 3.8) is 0 Å². The van der Waals surface area contributed by atoms with E-state index in [0.717, 1.165) is 5.57 Å². The molecule has 2 N–H and O–H groups in total. The Morgan fingerprint density at radius 1 is 1.73 bits per heavy atom. The van der Waals surface area contributed by atoms with Crippen LogP contribution in [0.3, 0.4) is 0 Å². The minimum Gasteiger partial charge on any atom is -0.324 e. The Labute approximate surface area is 90.8 Å². The normalized spacial score (nSPS) is 18.5. The van der Waals surface area contributed by atoms with Crippen LogP contribution in [0, 0.1) is 0 Å². The molecule has 0 aromatic heterocycles. The molecule has 0 aromatic carbocycles. The van der Waals surface area contributed by atoms with E-state index in [2.05, 4.69) is 6.58 Å². The van der Waals surface area contributed by atoms with Crippen molar-refractivity contribution < 1.29 is 8.42 Å². The molecule has 1 aliphatic heterocycles. The fraction of sp³-hybridized carbons (Fsp3) is 0.400. The highest BCUT2D eigenvalue weighted by molar-refractivity contribution is 7.88. The van der Waals surface area contributed by atoms with Crippen LogP contribution in [0.5, 0.6) is 0 Å². The molecular weight excluding hydrogens is 212 g/mol. The van der Waals surface area contributed by atoms with Gasteiger partial charge in [-0.15, -0.1) is 6.58 Å². The molecule has 5 heteroatoms. The number of nitrogens with two attached hydrogens (primary N) is 1. The summed E-state index contributed by atoms with van der Waals surface area (Å²) in [5.74, 6) is 0. The molecule has 1 aliphatic rings. The minimum atomic E-state index is -3.15. The molecule has 0 aliphatic carbocycles. The van der Waals surface area contributed by atoms with Gasteiger partial charge in [0.2, 0.25) is 10.0 Å². The third-order valence-corrected chi connectivity index (χ3v) is 3.34. The summed E-state index contributed by atoms with van der Waals surface area (Å²) in [5.41, 5.74) is 6.81. The lowest BCUT2D eigenvalue weighted by atomic mass is 10.0. The van der Waals surface area contributed by atoms with E-state index < -0.39 is 10.0 Å². The Bertz CT molecular complexity index is 396. The largest absolute Gasteiger partial charge is 0.324 e. The Kier molecular flexibility index (Phi) is 3.71. The van der Waals surface area contributed by atoms with Gasteiger partial charge >= 0.3 is 0 Å².